The van der Waals surface area contributed by atoms with Gasteiger partial charge in [0.1, 0.15) is 11.7 Å². The van der Waals surface area contributed by atoms with E-state index in [0.29, 0.717) is 0 Å². The third-order valence-corrected chi connectivity index (χ3v) is 5.15. The molecule has 0 aromatic carbocycles. The summed E-state index contributed by atoms with van der Waals surface area (Å²) in [4.78, 5) is 10.9. The maximum Gasteiger partial charge on any atom is 0.234 e. The van der Waals surface area contributed by atoms with Crippen LogP contribution in [-0.4, -0.2) is 43.4 Å². The van der Waals surface area contributed by atoms with Gasteiger partial charge in [0.15, 0.2) is 0 Å². The zero-order chi connectivity index (χ0) is 18.0. The smallest absolute Gasteiger partial charge is 0.234 e. The molecule has 0 saturated carbocycles. The monoisotopic (exact) mass is 340 g/mol. The van der Waals surface area contributed by atoms with Crippen molar-refractivity contribution in [1.82, 2.24) is 19.4 Å². The third-order valence-electron chi connectivity index (χ3n) is 5.15. The summed E-state index contributed by atoms with van der Waals surface area (Å²) in [6.07, 6.45) is 4.29. The van der Waals surface area contributed by atoms with Crippen LogP contribution in [0.15, 0.2) is 17.4 Å². The van der Waals surface area contributed by atoms with Crippen molar-refractivity contribution in [1.29, 1.82) is 5.26 Å². The Morgan fingerprint density at radius 3 is 2.68 bits per heavy atom. The molecule has 0 amide bonds. The molecule has 0 radical (unpaired) electrons. The summed E-state index contributed by atoms with van der Waals surface area (Å²) in [6.45, 7) is 9.10. The van der Waals surface area contributed by atoms with Crippen LogP contribution in [0.2, 0.25) is 0 Å². The third kappa shape index (κ3) is 3.35. The van der Waals surface area contributed by atoms with Gasteiger partial charge in [-0.25, -0.2) is 9.97 Å². The highest BCUT2D eigenvalue weighted by Crippen LogP contribution is 2.30. The second kappa shape index (κ2) is 6.81. The largest absolute Gasteiger partial charge is 0.411 e. The SMILES string of the molecule is CCC(C)(C)n1c(CN2CCC(=NO)CC2)cc2cnc(C#N)nc21. The molecule has 3 rings (SSSR count). The number of nitrogens with zero attached hydrogens (tertiary/aromatic N) is 6. The lowest BCUT2D eigenvalue weighted by Crippen LogP contribution is -2.35. The molecule has 132 valence electrons. The van der Waals surface area contributed by atoms with E-state index in [1.807, 2.05) is 6.07 Å². The minimum Gasteiger partial charge on any atom is -0.411 e. The molecule has 1 aliphatic rings. The molecule has 1 fully saturated rings. The van der Waals surface area contributed by atoms with E-state index in [9.17, 15) is 0 Å². The second-order valence-electron chi connectivity index (χ2n) is 7.16. The minimum absolute atomic E-state index is 0.105. The van der Waals surface area contributed by atoms with E-state index in [2.05, 4.69) is 51.4 Å². The molecule has 25 heavy (non-hydrogen) atoms. The molecule has 7 heteroatoms. The van der Waals surface area contributed by atoms with Gasteiger partial charge in [-0.2, -0.15) is 5.26 Å². The molecule has 0 unspecified atom stereocenters. The van der Waals surface area contributed by atoms with E-state index in [0.717, 1.165) is 55.6 Å². The second-order valence-corrected chi connectivity index (χ2v) is 7.16. The number of hydrogen-bond donors (Lipinski definition) is 1. The molecule has 0 bridgehead atoms. The Bertz CT molecular complexity index is 835. The van der Waals surface area contributed by atoms with E-state index < -0.39 is 0 Å². The van der Waals surface area contributed by atoms with Crippen molar-refractivity contribution in [3.05, 3.63) is 23.8 Å². The first kappa shape index (κ1) is 17.4. The fourth-order valence-corrected chi connectivity index (χ4v) is 3.35. The first-order valence-electron chi connectivity index (χ1n) is 8.68. The molecule has 3 heterocycles. The lowest BCUT2D eigenvalue weighted by Gasteiger charge is -2.32. The molecular weight excluding hydrogens is 316 g/mol. The highest BCUT2D eigenvalue weighted by atomic mass is 16.4. The molecule has 1 N–H and O–H groups in total. The molecule has 0 atom stereocenters. The lowest BCUT2D eigenvalue weighted by atomic mass is 10.0. The standard InChI is InChI=1S/C18H24N6O/c1-4-18(2,3)24-15(12-23-7-5-14(22-25)6-8-23)9-13-11-20-16(10-19)21-17(13)24/h9,11,25H,4-8,12H2,1-3H3. The fraction of sp³-hybridized carbons (Fsp3) is 0.556. The Morgan fingerprint density at radius 1 is 1.36 bits per heavy atom. The molecule has 7 nitrogen and oxygen atoms in total. The maximum absolute atomic E-state index is 9.14. The predicted molar refractivity (Wildman–Crippen MR) is 95.6 cm³/mol. The zero-order valence-corrected chi connectivity index (χ0v) is 15.0. The predicted octanol–water partition coefficient (Wildman–Crippen LogP) is 2.87. The van der Waals surface area contributed by atoms with Gasteiger partial charge in [-0.1, -0.05) is 12.1 Å². The number of fused-ring (bicyclic) bond motifs is 1. The van der Waals surface area contributed by atoms with Crippen LogP contribution in [0.1, 0.15) is 51.6 Å². The summed E-state index contributed by atoms with van der Waals surface area (Å²) in [6, 6.07) is 4.16. The quantitative estimate of drug-likeness (QED) is 0.683. The first-order valence-corrected chi connectivity index (χ1v) is 8.68. The molecule has 0 aliphatic carbocycles. The summed E-state index contributed by atoms with van der Waals surface area (Å²) in [7, 11) is 0. The molecule has 2 aromatic heterocycles. The fourth-order valence-electron chi connectivity index (χ4n) is 3.35. The number of aromatic nitrogens is 3. The van der Waals surface area contributed by atoms with Gasteiger partial charge in [0.25, 0.3) is 0 Å². The molecule has 1 aliphatic heterocycles. The number of oxime groups is 1. The van der Waals surface area contributed by atoms with E-state index in [-0.39, 0.29) is 11.4 Å². The van der Waals surface area contributed by atoms with Crippen LogP contribution in [-0.2, 0) is 12.1 Å². The van der Waals surface area contributed by atoms with Crippen molar-refractivity contribution in [2.75, 3.05) is 13.1 Å². The van der Waals surface area contributed by atoms with E-state index in [1.165, 1.54) is 5.69 Å². The number of rotatable bonds is 4. The van der Waals surface area contributed by atoms with Crippen LogP contribution in [0.4, 0.5) is 0 Å². The number of nitriles is 1. The van der Waals surface area contributed by atoms with Crippen LogP contribution in [0.5, 0.6) is 0 Å². The molecular formula is C18H24N6O. The van der Waals surface area contributed by atoms with Gasteiger partial charge in [0.2, 0.25) is 5.82 Å². The van der Waals surface area contributed by atoms with E-state index in [1.54, 1.807) is 6.20 Å². The number of piperidine rings is 1. The Balaban J connectivity index is 1.99. The van der Waals surface area contributed by atoms with Crippen LogP contribution in [0.25, 0.3) is 11.0 Å². The van der Waals surface area contributed by atoms with Gasteiger partial charge in [0.05, 0.1) is 5.71 Å². The highest BCUT2D eigenvalue weighted by molar-refractivity contribution is 5.84. The summed E-state index contributed by atoms with van der Waals surface area (Å²) in [5.41, 5.74) is 2.76. The Morgan fingerprint density at radius 2 is 2.08 bits per heavy atom. The molecule has 2 aromatic rings. The van der Waals surface area contributed by atoms with Gasteiger partial charge >= 0.3 is 0 Å². The summed E-state index contributed by atoms with van der Waals surface area (Å²) < 4.78 is 2.25. The van der Waals surface area contributed by atoms with Gasteiger partial charge < -0.3 is 9.77 Å². The first-order chi connectivity index (χ1) is 12.0. The normalized spacial score (nSPS) is 16.2. The number of hydrogen-bond acceptors (Lipinski definition) is 6. The maximum atomic E-state index is 9.14. The van der Waals surface area contributed by atoms with Gasteiger partial charge in [-0.15, -0.1) is 0 Å². The van der Waals surface area contributed by atoms with Crippen LogP contribution in [0, 0.1) is 11.3 Å². The van der Waals surface area contributed by atoms with E-state index in [4.69, 9.17) is 10.5 Å². The van der Waals surface area contributed by atoms with Crippen molar-refractivity contribution in [2.45, 2.75) is 52.1 Å². The van der Waals surface area contributed by atoms with Gasteiger partial charge in [0, 0.05) is 55.3 Å². The molecule has 1 saturated heterocycles. The van der Waals surface area contributed by atoms with Crippen LogP contribution < -0.4 is 0 Å². The summed E-state index contributed by atoms with van der Waals surface area (Å²) in [5.74, 6) is 0.201. The minimum atomic E-state index is -0.105. The highest BCUT2D eigenvalue weighted by Gasteiger charge is 2.26. The van der Waals surface area contributed by atoms with Crippen LogP contribution >= 0.6 is 0 Å². The Hall–Kier alpha value is -2.46. The van der Waals surface area contributed by atoms with Crippen molar-refractivity contribution < 1.29 is 5.21 Å². The van der Waals surface area contributed by atoms with Crippen molar-refractivity contribution >= 4 is 16.7 Å². The summed E-state index contributed by atoms with van der Waals surface area (Å²) >= 11 is 0. The summed E-state index contributed by atoms with van der Waals surface area (Å²) in [5, 5.41) is 22.4. The molecule has 0 spiro atoms. The zero-order valence-electron chi connectivity index (χ0n) is 15.0. The van der Waals surface area contributed by atoms with Crippen molar-refractivity contribution in [3.8, 4) is 6.07 Å². The lowest BCUT2D eigenvalue weighted by molar-refractivity contribution is 0.240. The number of likely N-dealkylation sites (tertiary alicyclic amines) is 1. The van der Waals surface area contributed by atoms with E-state index >= 15 is 0 Å². The topological polar surface area (TPSA) is 90.3 Å². The van der Waals surface area contributed by atoms with Crippen LogP contribution in [0.3, 0.4) is 0 Å². The van der Waals surface area contributed by atoms with Crippen molar-refractivity contribution in [2.24, 2.45) is 5.16 Å². The van der Waals surface area contributed by atoms with Gasteiger partial charge in [-0.05, 0) is 26.3 Å². The van der Waals surface area contributed by atoms with Crippen molar-refractivity contribution in [3.63, 3.8) is 0 Å². The average Bonchev–Trinajstić information content (AvgIpc) is 2.99. The Kier molecular flexibility index (Phi) is 4.73. The Labute approximate surface area is 147 Å². The van der Waals surface area contributed by atoms with Gasteiger partial charge in [-0.3, -0.25) is 4.90 Å². The average molecular weight is 340 g/mol.